The van der Waals surface area contributed by atoms with Crippen LogP contribution in [0.3, 0.4) is 0 Å². The van der Waals surface area contributed by atoms with Gasteiger partial charge in [0.15, 0.2) is 0 Å². The van der Waals surface area contributed by atoms with Crippen LogP contribution < -0.4 is 5.73 Å². The van der Waals surface area contributed by atoms with Crippen LogP contribution in [-0.4, -0.2) is 40.5 Å². The molecule has 2 atom stereocenters. The number of carbonyl (C=O) groups is 2. The van der Waals surface area contributed by atoms with Gasteiger partial charge in [-0.05, 0) is 18.8 Å². The van der Waals surface area contributed by atoms with Crippen molar-refractivity contribution in [2.24, 2.45) is 11.7 Å². The lowest BCUT2D eigenvalue weighted by atomic mass is 9.99. The summed E-state index contributed by atoms with van der Waals surface area (Å²) in [4.78, 5) is 24.1. The molecule has 1 saturated carbocycles. The van der Waals surface area contributed by atoms with Crippen LogP contribution in [0, 0.1) is 5.92 Å². The topological polar surface area (TPSA) is 83.6 Å². The first-order valence-electron chi connectivity index (χ1n) is 5.75. The molecule has 1 rings (SSSR count). The summed E-state index contributed by atoms with van der Waals surface area (Å²) < 4.78 is 0. The molecular formula is C11H20N2O3. The molecule has 5 heteroatoms. The molecule has 1 aliphatic carbocycles. The molecule has 92 valence electrons. The molecule has 5 nitrogen and oxygen atoms in total. The zero-order valence-corrected chi connectivity index (χ0v) is 9.85. The van der Waals surface area contributed by atoms with E-state index in [2.05, 4.69) is 0 Å². The molecule has 1 fully saturated rings. The van der Waals surface area contributed by atoms with Crippen LogP contribution in [0.2, 0.25) is 0 Å². The second-order valence-electron chi connectivity index (χ2n) is 4.50. The van der Waals surface area contributed by atoms with E-state index >= 15 is 0 Å². The van der Waals surface area contributed by atoms with Gasteiger partial charge in [0.2, 0.25) is 5.91 Å². The molecule has 0 aromatic rings. The lowest BCUT2D eigenvalue weighted by Gasteiger charge is -2.26. The van der Waals surface area contributed by atoms with Gasteiger partial charge in [-0.3, -0.25) is 9.59 Å². The molecule has 0 saturated heterocycles. The summed E-state index contributed by atoms with van der Waals surface area (Å²) in [7, 11) is 0. The number of carboxylic acids is 1. The van der Waals surface area contributed by atoms with Crippen molar-refractivity contribution in [3.8, 4) is 0 Å². The first-order chi connectivity index (χ1) is 7.47. The molecule has 0 aromatic heterocycles. The van der Waals surface area contributed by atoms with Crippen LogP contribution in [-0.2, 0) is 9.59 Å². The highest BCUT2D eigenvalue weighted by Crippen LogP contribution is 2.27. The Balaban J connectivity index is 2.63. The van der Waals surface area contributed by atoms with E-state index in [1.54, 1.807) is 0 Å². The van der Waals surface area contributed by atoms with Crippen LogP contribution in [0.4, 0.5) is 0 Å². The zero-order valence-electron chi connectivity index (χ0n) is 9.85. The van der Waals surface area contributed by atoms with Crippen LogP contribution in [0.25, 0.3) is 0 Å². The average molecular weight is 228 g/mol. The van der Waals surface area contributed by atoms with E-state index < -0.39 is 12.0 Å². The summed E-state index contributed by atoms with van der Waals surface area (Å²) in [6, 6.07) is -0.483. The number of rotatable bonds is 6. The third-order valence-electron chi connectivity index (χ3n) is 3.12. The molecular weight excluding hydrogens is 208 g/mol. The number of carboxylic acid groups (broad SMARTS) is 1. The molecule has 3 N–H and O–H groups in total. The maximum Gasteiger partial charge on any atom is 0.323 e. The molecule has 16 heavy (non-hydrogen) atoms. The lowest BCUT2D eigenvalue weighted by molar-refractivity contribution is -0.146. The fraction of sp³-hybridized carbons (Fsp3) is 0.818. The molecule has 0 heterocycles. The summed E-state index contributed by atoms with van der Waals surface area (Å²) in [6.07, 6.45) is 2.61. The van der Waals surface area contributed by atoms with Gasteiger partial charge < -0.3 is 15.7 Å². The Kier molecular flexibility index (Phi) is 4.29. The number of hydrogen-bond donors (Lipinski definition) is 2. The molecule has 0 bridgehead atoms. The van der Waals surface area contributed by atoms with Crippen molar-refractivity contribution < 1.29 is 14.7 Å². The fourth-order valence-corrected chi connectivity index (χ4v) is 1.61. The van der Waals surface area contributed by atoms with E-state index in [0.29, 0.717) is 0 Å². The third kappa shape index (κ3) is 3.20. The highest BCUT2D eigenvalue weighted by molar-refractivity contribution is 5.86. The normalized spacial score (nSPS) is 18.9. The van der Waals surface area contributed by atoms with Gasteiger partial charge in [0.25, 0.3) is 0 Å². The number of nitrogens with two attached hydrogens (primary N) is 1. The first-order valence-corrected chi connectivity index (χ1v) is 5.75. The fourth-order valence-electron chi connectivity index (χ4n) is 1.61. The maximum atomic E-state index is 12.0. The van der Waals surface area contributed by atoms with Gasteiger partial charge in [0.05, 0.1) is 6.04 Å². The van der Waals surface area contributed by atoms with E-state index in [0.717, 1.165) is 19.3 Å². The molecule has 1 aliphatic rings. The summed E-state index contributed by atoms with van der Waals surface area (Å²) in [5.41, 5.74) is 5.83. The largest absolute Gasteiger partial charge is 0.480 e. The quantitative estimate of drug-likeness (QED) is 0.690. The summed E-state index contributed by atoms with van der Waals surface area (Å²) >= 11 is 0. The van der Waals surface area contributed by atoms with Crippen molar-refractivity contribution in [1.82, 2.24) is 4.90 Å². The van der Waals surface area contributed by atoms with Crippen LogP contribution in [0.1, 0.15) is 33.1 Å². The number of hydrogen-bond acceptors (Lipinski definition) is 3. The van der Waals surface area contributed by atoms with Crippen molar-refractivity contribution in [3.05, 3.63) is 0 Å². The molecule has 1 unspecified atom stereocenters. The second-order valence-corrected chi connectivity index (χ2v) is 4.50. The number of amides is 1. The van der Waals surface area contributed by atoms with Crippen molar-refractivity contribution in [3.63, 3.8) is 0 Å². The number of nitrogens with zero attached hydrogens (tertiary/aromatic N) is 1. The second kappa shape index (κ2) is 5.30. The Morgan fingerprint density at radius 1 is 1.50 bits per heavy atom. The standard InChI is InChI=1S/C11H20N2O3/c1-3-7(2)10(12)11(16)13(6-9(14)15)8-4-5-8/h7-8,10H,3-6,12H2,1-2H3,(H,14,15)/t7?,10-/m0/s1. The predicted molar refractivity (Wildman–Crippen MR) is 59.8 cm³/mol. The minimum atomic E-state index is -0.975. The Hall–Kier alpha value is -1.10. The van der Waals surface area contributed by atoms with Gasteiger partial charge in [-0.25, -0.2) is 0 Å². The van der Waals surface area contributed by atoms with Gasteiger partial charge >= 0.3 is 5.97 Å². The minimum absolute atomic E-state index is 0.0857. The molecule has 0 aliphatic heterocycles. The first kappa shape index (κ1) is 13.0. The van der Waals surface area contributed by atoms with Crippen molar-refractivity contribution in [2.75, 3.05) is 6.54 Å². The van der Waals surface area contributed by atoms with Gasteiger partial charge in [-0.1, -0.05) is 20.3 Å². The molecule has 1 amide bonds. The van der Waals surface area contributed by atoms with E-state index in [1.165, 1.54) is 4.90 Å². The highest BCUT2D eigenvalue weighted by Gasteiger charge is 2.36. The van der Waals surface area contributed by atoms with E-state index in [-0.39, 0.29) is 24.4 Å². The Bertz CT molecular complexity index is 276. The molecule has 0 radical (unpaired) electrons. The van der Waals surface area contributed by atoms with Crippen molar-refractivity contribution in [1.29, 1.82) is 0 Å². The monoisotopic (exact) mass is 228 g/mol. The van der Waals surface area contributed by atoms with Crippen LogP contribution in [0.15, 0.2) is 0 Å². The van der Waals surface area contributed by atoms with Gasteiger partial charge in [-0.15, -0.1) is 0 Å². The van der Waals surface area contributed by atoms with Crippen LogP contribution in [0.5, 0.6) is 0 Å². The predicted octanol–water partition coefficient (Wildman–Crippen LogP) is 0.435. The van der Waals surface area contributed by atoms with Gasteiger partial charge in [0, 0.05) is 6.04 Å². The Morgan fingerprint density at radius 3 is 2.44 bits per heavy atom. The van der Waals surface area contributed by atoms with Crippen LogP contribution >= 0.6 is 0 Å². The summed E-state index contributed by atoms with van der Waals surface area (Å²) in [5.74, 6) is -1.11. The molecule has 0 aromatic carbocycles. The van der Waals surface area contributed by atoms with Crippen molar-refractivity contribution >= 4 is 11.9 Å². The van der Waals surface area contributed by atoms with Gasteiger partial charge in [0.1, 0.15) is 6.54 Å². The smallest absolute Gasteiger partial charge is 0.323 e. The van der Waals surface area contributed by atoms with Gasteiger partial charge in [-0.2, -0.15) is 0 Å². The van der Waals surface area contributed by atoms with E-state index in [1.807, 2.05) is 13.8 Å². The van der Waals surface area contributed by atoms with Crippen molar-refractivity contribution in [2.45, 2.75) is 45.2 Å². The Labute approximate surface area is 95.6 Å². The number of aliphatic carboxylic acids is 1. The Morgan fingerprint density at radius 2 is 2.06 bits per heavy atom. The lowest BCUT2D eigenvalue weighted by Crippen LogP contribution is -2.49. The van der Waals surface area contributed by atoms with E-state index in [9.17, 15) is 9.59 Å². The zero-order chi connectivity index (χ0) is 12.3. The minimum Gasteiger partial charge on any atom is -0.480 e. The maximum absolute atomic E-state index is 12.0. The summed E-state index contributed by atoms with van der Waals surface area (Å²) in [6.45, 7) is 3.65. The third-order valence-corrected chi connectivity index (χ3v) is 3.12. The SMILES string of the molecule is CCC(C)[C@H](N)C(=O)N(CC(=O)O)C1CC1. The van der Waals surface area contributed by atoms with E-state index in [4.69, 9.17) is 10.8 Å². The molecule has 0 spiro atoms. The summed E-state index contributed by atoms with van der Waals surface area (Å²) in [5, 5.41) is 8.75. The average Bonchev–Trinajstić information content (AvgIpc) is 3.06. The highest BCUT2D eigenvalue weighted by atomic mass is 16.4. The number of carbonyl (C=O) groups excluding carboxylic acids is 1.